The molecule has 0 saturated carbocycles. The van der Waals surface area contributed by atoms with Gasteiger partial charge in [-0.2, -0.15) is 10.2 Å². The minimum atomic E-state index is -1.26. The first-order valence-corrected chi connectivity index (χ1v) is 11.4. The highest BCUT2D eigenvalue weighted by atomic mass is 32.1. The number of aryl methyl sites for hydroxylation is 1. The highest BCUT2D eigenvalue weighted by Gasteiger charge is 2.21. The van der Waals surface area contributed by atoms with Crippen LogP contribution in [-0.2, 0) is 18.4 Å². The lowest BCUT2D eigenvalue weighted by Crippen LogP contribution is -2.41. The lowest BCUT2D eigenvalue weighted by molar-refractivity contribution is -0.110. The molecule has 35 heavy (non-hydrogen) atoms. The SMILES string of the molecule is CC(Cn1cc(-c2nc(C(=O)Nc3cn(C)nc3-c3ccccn3)cs2)cn1)C(C=O)NC(=O)O. The van der Waals surface area contributed by atoms with Gasteiger partial charge in [0, 0.05) is 49.0 Å². The Balaban J connectivity index is 1.45. The van der Waals surface area contributed by atoms with Gasteiger partial charge in [0.2, 0.25) is 0 Å². The maximum atomic E-state index is 12.9. The lowest BCUT2D eigenvalue weighted by Gasteiger charge is -2.18. The van der Waals surface area contributed by atoms with Gasteiger partial charge in [-0.05, 0) is 12.1 Å². The molecule has 180 valence electrons. The van der Waals surface area contributed by atoms with Crippen LogP contribution >= 0.6 is 11.3 Å². The van der Waals surface area contributed by atoms with E-state index < -0.39 is 12.1 Å². The predicted molar refractivity (Wildman–Crippen MR) is 128 cm³/mol. The van der Waals surface area contributed by atoms with Crippen LogP contribution in [-0.4, -0.2) is 59.0 Å². The first-order chi connectivity index (χ1) is 16.8. The van der Waals surface area contributed by atoms with E-state index in [-0.39, 0.29) is 17.5 Å². The first-order valence-electron chi connectivity index (χ1n) is 10.5. The van der Waals surface area contributed by atoms with Crippen molar-refractivity contribution in [2.75, 3.05) is 5.32 Å². The number of nitrogens with zero attached hydrogens (tertiary/aromatic N) is 6. The number of nitrogens with one attached hydrogen (secondary N) is 2. The van der Waals surface area contributed by atoms with Crippen LogP contribution in [0.4, 0.5) is 10.5 Å². The number of anilines is 1. The summed E-state index contributed by atoms with van der Waals surface area (Å²) in [4.78, 5) is 43.6. The van der Waals surface area contributed by atoms with Crippen molar-refractivity contribution in [1.82, 2.24) is 34.8 Å². The molecule has 0 aliphatic carbocycles. The third kappa shape index (κ3) is 5.58. The number of carbonyl (C=O) groups is 3. The molecular formula is C22H22N8O4S. The average molecular weight is 495 g/mol. The maximum absolute atomic E-state index is 12.9. The van der Waals surface area contributed by atoms with Crippen LogP contribution in [0.15, 0.2) is 48.4 Å². The smallest absolute Gasteiger partial charge is 0.405 e. The van der Waals surface area contributed by atoms with E-state index in [9.17, 15) is 14.4 Å². The minimum absolute atomic E-state index is 0.244. The van der Waals surface area contributed by atoms with Gasteiger partial charge in [-0.25, -0.2) is 9.78 Å². The summed E-state index contributed by atoms with van der Waals surface area (Å²) in [6.45, 7) is 2.07. The van der Waals surface area contributed by atoms with Crippen LogP contribution in [0.2, 0.25) is 0 Å². The largest absolute Gasteiger partial charge is 0.465 e. The second-order valence-electron chi connectivity index (χ2n) is 7.81. The Morgan fingerprint density at radius 1 is 1.29 bits per heavy atom. The summed E-state index contributed by atoms with van der Waals surface area (Å²) in [7, 11) is 1.76. The van der Waals surface area contributed by atoms with Crippen LogP contribution in [0.3, 0.4) is 0 Å². The van der Waals surface area contributed by atoms with E-state index in [0.29, 0.717) is 40.5 Å². The zero-order chi connectivity index (χ0) is 24.9. The lowest BCUT2D eigenvalue weighted by atomic mass is 10.0. The zero-order valence-corrected chi connectivity index (χ0v) is 19.6. The molecule has 0 fully saturated rings. The Bertz CT molecular complexity index is 1350. The van der Waals surface area contributed by atoms with Crippen LogP contribution in [0.1, 0.15) is 17.4 Å². The standard InChI is InChI=1S/C22H22N8O4S/c1-13(17(11-31)27-22(33)34)8-30-9-14(7-24-30)21-26-18(12-35-21)20(32)25-16-10-29(2)28-19(16)15-5-3-4-6-23-15/h3-7,9-13,17,27H,8H2,1-2H3,(H,25,32)(H,33,34). The summed E-state index contributed by atoms with van der Waals surface area (Å²) < 4.78 is 3.21. The van der Waals surface area contributed by atoms with E-state index in [1.807, 2.05) is 12.1 Å². The van der Waals surface area contributed by atoms with E-state index in [1.165, 1.54) is 11.3 Å². The number of aldehydes is 1. The molecule has 0 aliphatic heterocycles. The minimum Gasteiger partial charge on any atom is -0.465 e. The number of hydrogen-bond acceptors (Lipinski definition) is 8. The normalized spacial score (nSPS) is 12.6. The van der Waals surface area contributed by atoms with Crippen LogP contribution in [0.25, 0.3) is 22.0 Å². The third-order valence-electron chi connectivity index (χ3n) is 5.13. The molecule has 4 rings (SSSR count). The molecule has 4 heterocycles. The highest BCUT2D eigenvalue weighted by Crippen LogP contribution is 2.27. The summed E-state index contributed by atoms with van der Waals surface area (Å²) in [5.41, 5.74) is 2.66. The average Bonchev–Trinajstić information content (AvgIpc) is 3.57. The van der Waals surface area contributed by atoms with Crippen molar-refractivity contribution in [2.45, 2.75) is 19.5 Å². The molecule has 4 aromatic rings. The van der Waals surface area contributed by atoms with E-state index in [0.717, 1.165) is 0 Å². The van der Waals surface area contributed by atoms with Crippen molar-refractivity contribution in [3.05, 3.63) is 54.1 Å². The molecule has 0 saturated heterocycles. The van der Waals surface area contributed by atoms with Gasteiger partial charge >= 0.3 is 6.09 Å². The first kappa shape index (κ1) is 23.8. The van der Waals surface area contributed by atoms with Crippen molar-refractivity contribution < 1.29 is 19.5 Å². The molecule has 2 atom stereocenters. The number of rotatable bonds is 9. The van der Waals surface area contributed by atoms with Gasteiger partial charge in [0.05, 0.1) is 23.6 Å². The molecule has 0 spiro atoms. The summed E-state index contributed by atoms with van der Waals surface area (Å²) in [6.07, 6.45) is 6.00. The zero-order valence-electron chi connectivity index (χ0n) is 18.8. The van der Waals surface area contributed by atoms with Crippen molar-refractivity contribution in [3.8, 4) is 22.0 Å². The second kappa shape index (κ2) is 10.3. The third-order valence-corrected chi connectivity index (χ3v) is 6.02. The molecule has 2 amide bonds. The molecule has 4 aromatic heterocycles. The Morgan fingerprint density at radius 3 is 2.83 bits per heavy atom. The van der Waals surface area contributed by atoms with Gasteiger partial charge in [0.25, 0.3) is 5.91 Å². The number of thiazole rings is 1. The van der Waals surface area contributed by atoms with Crippen molar-refractivity contribution >= 4 is 35.3 Å². The van der Waals surface area contributed by atoms with Gasteiger partial charge in [0.15, 0.2) is 0 Å². The predicted octanol–water partition coefficient (Wildman–Crippen LogP) is 2.53. The molecule has 13 heteroatoms. The maximum Gasteiger partial charge on any atom is 0.405 e. The quantitative estimate of drug-likeness (QED) is 0.300. The summed E-state index contributed by atoms with van der Waals surface area (Å²) in [5, 5.41) is 24.8. The van der Waals surface area contributed by atoms with Crippen LogP contribution in [0, 0.1) is 5.92 Å². The van der Waals surface area contributed by atoms with Gasteiger partial charge < -0.3 is 20.5 Å². The molecule has 12 nitrogen and oxygen atoms in total. The topological polar surface area (TPSA) is 157 Å². The Kier molecular flexibility index (Phi) is 6.96. The fourth-order valence-corrected chi connectivity index (χ4v) is 4.18. The molecule has 2 unspecified atom stereocenters. The number of aromatic nitrogens is 6. The molecule has 0 bridgehead atoms. The van der Waals surface area contributed by atoms with Crippen molar-refractivity contribution in [3.63, 3.8) is 0 Å². The Morgan fingerprint density at radius 2 is 2.11 bits per heavy atom. The summed E-state index contributed by atoms with van der Waals surface area (Å²) in [5.74, 6) is -0.700. The van der Waals surface area contributed by atoms with Gasteiger partial charge in [-0.1, -0.05) is 13.0 Å². The fraction of sp³-hybridized carbons (Fsp3) is 0.227. The highest BCUT2D eigenvalue weighted by molar-refractivity contribution is 7.13. The fourth-order valence-electron chi connectivity index (χ4n) is 3.40. The van der Waals surface area contributed by atoms with Crippen LogP contribution < -0.4 is 10.6 Å². The summed E-state index contributed by atoms with van der Waals surface area (Å²) >= 11 is 1.29. The van der Waals surface area contributed by atoms with E-state index in [4.69, 9.17) is 5.11 Å². The van der Waals surface area contributed by atoms with Gasteiger partial charge in [-0.15, -0.1) is 11.3 Å². The molecule has 0 aromatic carbocycles. The van der Waals surface area contributed by atoms with E-state index >= 15 is 0 Å². The van der Waals surface area contributed by atoms with Crippen molar-refractivity contribution in [1.29, 1.82) is 0 Å². The molecular weight excluding hydrogens is 472 g/mol. The van der Waals surface area contributed by atoms with Gasteiger partial charge in [-0.3, -0.25) is 19.1 Å². The number of pyridine rings is 1. The molecule has 3 N–H and O–H groups in total. The number of amides is 2. The summed E-state index contributed by atoms with van der Waals surface area (Å²) in [6, 6.07) is 4.61. The van der Waals surface area contributed by atoms with Crippen molar-refractivity contribution in [2.24, 2.45) is 13.0 Å². The number of hydrogen-bond donors (Lipinski definition) is 3. The van der Waals surface area contributed by atoms with Gasteiger partial charge in [0.1, 0.15) is 22.7 Å². The Labute approximate surface area is 203 Å². The molecule has 0 aliphatic rings. The Hall–Kier alpha value is -4.39. The van der Waals surface area contributed by atoms with E-state index in [2.05, 4.69) is 30.8 Å². The van der Waals surface area contributed by atoms with Crippen LogP contribution in [0.5, 0.6) is 0 Å². The number of carbonyl (C=O) groups excluding carboxylic acids is 2. The van der Waals surface area contributed by atoms with E-state index in [1.54, 1.807) is 59.6 Å². The second-order valence-corrected chi connectivity index (χ2v) is 8.67. The number of carboxylic acid groups (broad SMARTS) is 1. The molecule has 0 radical (unpaired) electrons. The monoisotopic (exact) mass is 494 g/mol.